The van der Waals surface area contributed by atoms with E-state index in [1.807, 2.05) is 6.92 Å². The van der Waals surface area contributed by atoms with Crippen LogP contribution >= 0.6 is 0 Å². The van der Waals surface area contributed by atoms with Crippen LogP contribution in [-0.2, 0) is 10.9 Å². The van der Waals surface area contributed by atoms with Crippen LogP contribution in [0.25, 0.3) is 0 Å². The fourth-order valence-electron chi connectivity index (χ4n) is 2.07. The smallest absolute Gasteiger partial charge is 0.124 e. The number of hydrogen-bond donors (Lipinski definition) is 0. The van der Waals surface area contributed by atoms with Crippen LogP contribution in [0.1, 0.15) is 12.5 Å². The lowest BCUT2D eigenvalue weighted by Gasteiger charge is -2.08. The van der Waals surface area contributed by atoms with Crippen molar-refractivity contribution in [1.82, 2.24) is 0 Å². The van der Waals surface area contributed by atoms with E-state index in [9.17, 15) is 0 Å². The first-order chi connectivity index (χ1) is 10.8. The van der Waals surface area contributed by atoms with Gasteiger partial charge in [0.1, 0.15) is 5.75 Å². The molecule has 1 unspecified atom stereocenters. The second-order valence-corrected chi connectivity index (χ2v) is 6.62. The highest BCUT2D eigenvalue weighted by molar-refractivity contribution is 7.97. The molecule has 0 bridgehead atoms. The molecule has 0 heterocycles. The van der Waals surface area contributed by atoms with Gasteiger partial charge in [-0.25, -0.2) is 0 Å². The zero-order valence-corrected chi connectivity index (χ0v) is 14.1. The summed E-state index contributed by atoms with van der Waals surface area (Å²) in [6.45, 7) is 4.25. The molecular weight excluding hydrogens is 284 g/mol. The summed E-state index contributed by atoms with van der Waals surface area (Å²) in [5.74, 6) is 1.05. The summed E-state index contributed by atoms with van der Waals surface area (Å²) < 4.78 is 0. The summed E-state index contributed by atoms with van der Waals surface area (Å²) in [5.41, 5.74) is 1.37. The van der Waals surface area contributed by atoms with E-state index in [1.165, 1.54) is 15.4 Å². The Balaban J connectivity index is 0.00000116. The summed E-state index contributed by atoms with van der Waals surface area (Å²) in [6, 6.07) is 19.5. The van der Waals surface area contributed by atoms with Gasteiger partial charge in [-0.2, -0.15) is 0 Å². The van der Waals surface area contributed by atoms with Crippen LogP contribution in [0.15, 0.2) is 88.7 Å². The maximum absolute atomic E-state index is 4.00. The lowest BCUT2D eigenvalue weighted by molar-refractivity contribution is 1.27. The van der Waals surface area contributed by atoms with Crippen molar-refractivity contribution >= 4 is 10.9 Å². The van der Waals surface area contributed by atoms with Crippen molar-refractivity contribution in [3.05, 3.63) is 84.5 Å². The molecule has 0 aliphatic carbocycles. The topological polar surface area (TPSA) is 0 Å². The summed E-state index contributed by atoms with van der Waals surface area (Å²) in [5, 5.41) is 0. The van der Waals surface area contributed by atoms with Gasteiger partial charge in [0.2, 0.25) is 0 Å². The van der Waals surface area contributed by atoms with Crippen molar-refractivity contribution in [2.45, 2.75) is 23.6 Å². The summed E-state index contributed by atoms with van der Waals surface area (Å²) >= 11 is 0. The van der Waals surface area contributed by atoms with Crippen LogP contribution in [0.5, 0.6) is 0 Å². The first-order valence-corrected chi connectivity index (χ1v) is 8.65. The molecule has 0 aliphatic heterocycles. The van der Waals surface area contributed by atoms with Gasteiger partial charge in [-0.05, 0) is 38.1 Å². The SMILES string of the molecule is C#C.C/C=C\C=C/C[S+](c1ccccc1)c1ccccc1C. The Morgan fingerprint density at radius 2 is 1.55 bits per heavy atom. The van der Waals surface area contributed by atoms with E-state index in [0.29, 0.717) is 0 Å². The molecule has 0 saturated heterocycles. The van der Waals surface area contributed by atoms with Gasteiger partial charge >= 0.3 is 0 Å². The van der Waals surface area contributed by atoms with E-state index in [0.717, 1.165) is 5.75 Å². The minimum atomic E-state index is 0.113. The molecule has 2 aromatic rings. The van der Waals surface area contributed by atoms with Gasteiger partial charge in [0.15, 0.2) is 9.79 Å². The molecular formula is C21H23S+. The number of hydrogen-bond acceptors (Lipinski definition) is 0. The monoisotopic (exact) mass is 307 g/mol. The molecule has 0 N–H and O–H groups in total. The normalized spacial score (nSPS) is 12.0. The van der Waals surface area contributed by atoms with Crippen molar-refractivity contribution in [1.29, 1.82) is 0 Å². The fraction of sp³-hybridized carbons (Fsp3) is 0.143. The molecule has 1 heteroatoms. The molecule has 22 heavy (non-hydrogen) atoms. The highest BCUT2D eigenvalue weighted by Gasteiger charge is 2.24. The van der Waals surface area contributed by atoms with Crippen LogP contribution in [0.4, 0.5) is 0 Å². The third-order valence-electron chi connectivity index (χ3n) is 3.09. The van der Waals surface area contributed by atoms with Crippen molar-refractivity contribution in [3.63, 3.8) is 0 Å². The molecule has 0 radical (unpaired) electrons. The minimum Gasteiger partial charge on any atom is -0.124 e. The first-order valence-electron chi connectivity index (χ1n) is 7.25. The van der Waals surface area contributed by atoms with E-state index in [-0.39, 0.29) is 10.9 Å². The molecule has 0 nitrogen and oxygen atoms in total. The van der Waals surface area contributed by atoms with E-state index < -0.39 is 0 Å². The Labute approximate surface area is 137 Å². The quantitative estimate of drug-likeness (QED) is 0.393. The maximum atomic E-state index is 4.00. The molecule has 1 atom stereocenters. The average Bonchev–Trinajstić information content (AvgIpc) is 2.59. The van der Waals surface area contributed by atoms with E-state index in [4.69, 9.17) is 0 Å². The Morgan fingerprint density at radius 1 is 0.909 bits per heavy atom. The Bertz CT molecular complexity index is 621. The number of rotatable bonds is 5. The molecule has 0 spiro atoms. The highest BCUT2D eigenvalue weighted by Crippen LogP contribution is 2.26. The molecule has 0 aromatic heterocycles. The van der Waals surface area contributed by atoms with Crippen LogP contribution in [-0.4, -0.2) is 5.75 Å². The highest BCUT2D eigenvalue weighted by atomic mass is 32.2. The third kappa shape index (κ3) is 5.31. The number of aryl methyl sites for hydroxylation is 1. The summed E-state index contributed by atoms with van der Waals surface area (Å²) in [7, 11) is 0.113. The van der Waals surface area contributed by atoms with Gasteiger partial charge in [-0.1, -0.05) is 54.6 Å². The van der Waals surface area contributed by atoms with Gasteiger partial charge in [-0.3, -0.25) is 0 Å². The predicted molar refractivity (Wildman–Crippen MR) is 100 cm³/mol. The van der Waals surface area contributed by atoms with E-state index in [2.05, 4.69) is 98.7 Å². The molecule has 0 saturated carbocycles. The number of terminal acetylenes is 1. The Hall–Kier alpha value is -2.17. The Kier molecular flexibility index (Phi) is 8.57. The van der Waals surface area contributed by atoms with Gasteiger partial charge in [-0.15, -0.1) is 12.8 Å². The summed E-state index contributed by atoms with van der Waals surface area (Å²) in [6.07, 6.45) is 16.6. The number of benzene rings is 2. The summed E-state index contributed by atoms with van der Waals surface area (Å²) in [4.78, 5) is 2.86. The van der Waals surface area contributed by atoms with Gasteiger partial charge in [0.25, 0.3) is 0 Å². The third-order valence-corrected chi connectivity index (χ3v) is 5.45. The average molecular weight is 307 g/mol. The number of allylic oxidation sites excluding steroid dienone is 3. The molecule has 112 valence electrons. The predicted octanol–water partition coefficient (Wildman–Crippen LogP) is 5.41. The minimum absolute atomic E-state index is 0.113. The van der Waals surface area contributed by atoms with Gasteiger partial charge in [0.05, 0.1) is 10.9 Å². The second-order valence-electron chi connectivity index (χ2n) is 4.59. The van der Waals surface area contributed by atoms with Crippen LogP contribution < -0.4 is 0 Å². The molecule has 0 fully saturated rings. The van der Waals surface area contributed by atoms with Crippen molar-refractivity contribution < 1.29 is 0 Å². The van der Waals surface area contributed by atoms with E-state index in [1.54, 1.807) is 0 Å². The molecule has 0 aliphatic rings. The van der Waals surface area contributed by atoms with Gasteiger partial charge in [0, 0.05) is 5.56 Å². The van der Waals surface area contributed by atoms with Gasteiger partial charge < -0.3 is 0 Å². The van der Waals surface area contributed by atoms with Crippen molar-refractivity contribution in [2.75, 3.05) is 5.75 Å². The second kappa shape index (κ2) is 10.5. The Morgan fingerprint density at radius 3 is 2.18 bits per heavy atom. The largest absolute Gasteiger partial charge is 0.163 e. The zero-order chi connectivity index (χ0) is 16.2. The van der Waals surface area contributed by atoms with Crippen molar-refractivity contribution in [2.24, 2.45) is 0 Å². The zero-order valence-electron chi connectivity index (χ0n) is 13.3. The fourth-order valence-corrected chi connectivity index (χ4v) is 4.19. The first kappa shape index (κ1) is 17.9. The van der Waals surface area contributed by atoms with Crippen LogP contribution in [0, 0.1) is 19.8 Å². The maximum Gasteiger partial charge on any atom is 0.163 e. The molecule has 0 amide bonds. The molecule has 2 aromatic carbocycles. The lowest BCUT2D eigenvalue weighted by atomic mass is 10.2. The van der Waals surface area contributed by atoms with Crippen LogP contribution in [0.2, 0.25) is 0 Å². The van der Waals surface area contributed by atoms with Crippen LogP contribution in [0.3, 0.4) is 0 Å². The lowest BCUT2D eigenvalue weighted by Crippen LogP contribution is -2.08. The standard InChI is InChI=1S/C19H21S.C2H2/c1-3-4-5-11-16-20(18-13-7-6-8-14-18)19-15-10-9-12-17(19)2;1-2/h3-15H,16H2,1-2H3;1-2H/q+1;/b4-3-,11-5-;. The van der Waals surface area contributed by atoms with E-state index >= 15 is 0 Å². The van der Waals surface area contributed by atoms with Crippen molar-refractivity contribution in [3.8, 4) is 12.8 Å². The molecule has 2 rings (SSSR count).